The Hall–Kier alpha value is 4.02. The van der Waals surface area contributed by atoms with Gasteiger partial charge in [-0.3, -0.25) is 0 Å². The molecule has 2 unspecified atom stereocenters. The van der Waals surface area contributed by atoms with Gasteiger partial charge < -0.3 is 0 Å². The molecule has 130 valence electrons. The van der Waals surface area contributed by atoms with Crippen molar-refractivity contribution < 1.29 is 0 Å². The fraction of sp³-hybridized carbons (Fsp3) is 0.538. The summed E-state index contributed by atoms with van der Waals surface area (Å²) in [5.41, 5.74) is 1.22. The molecule has 1 fully saturated rings. The molecule has 1 aromatic carbocycles. The van der Waals surface area contributed by atoms with Crippen molar-refractivity contribution in [2.45, 2.75) is 28.5 Å². The van der Waals surface area contributed by atoms with Crippen LogP contribution in [0.2, 0.25) is 0 Å². The Labute approximate surface area is 220 Å². The van der Waals surface area contributed by atoms with Crippen molar-refractivity contribution in [1.82, 2.24) is 0 Å². The number of alkyl halides is 10. The minimum Gasteiger partial charge on any atom is -0.0849 e. The Morgan fingerprint density at radius 2 is 1.17 bits per heavy atom. The largest absolute Gasteiger partial charge is 0.134 e. The number of hydrogen-bond donors (Lipinski definition) is 0. The maximum absolute atomic E-state index is 4.02. The molecule has 0 N–H and O–H groups in total. The molecule has 10 heteroatoms. The van der Waals surface area contributed by atoms with Crippen molar-refractivity contribution >= 4 is 159 Å². The standard InChI is InChI=1S/C13H8Br10/c14-8-9(15,6-7-4-2-1-3-5-7)11(18,19)13(22,23)12(20,21)10(8,16)17/h1-5,8H,6H2. The summed E-state index contributed by atoms with van der Waals surface area (Å²) in [4.78, 5) is -0.0385. The van der Waals surface area contributed by atoms with Crippen LogP contribution in [-0.4, -0.2) is 22.1 Å². The van der Waals surface area contributed by atoms with Crippen molar-refractivity contribution in [1.29, 1.82) is 0 Å². The van der Waals surface area contributed by atoms with Crippen LogP contribution in [0.4, 0.5) is 0 Å². The van der Waals surface area contributed by atoms with E-state index in [9.17, 15) is 0 Å². The lowest BCUT2D eigenvalue weighted by Crippen LogP contribution is -2.75. The lowest BCUT2D eigenvalue weighted by atomic mass is 9.83. The smallest absolute Gasteiger partial charge is 0.0849 e. The van der Waals surface area contributed by atoms with E-state index in [-0.39, 0.29) is 4.83 Å². The molecular weight excluding hydrogens is 955 g/mol. The fourth-order valence-electron chi connectivity index (χ4n) is 2.37. The zero-order chi connectivity index (χ0) is 17.9. The molecule has 0 radical (unpaired) electrons. The molecule has 1 aromatic rings. The topological polar surface area (TPSA) is 0 Å². The number of hydrogen-bond acceptors (Lipinski definition) is 0. The minimum absolute atomic E-state index is 0.0385. The average molecular weight is 963 g/mol. The van der Waals surface area contributed by atoms with Gasteiger partial charge in [-0.15, -0.1) is 0 Å². The molecule has 0 aliphatic heterocycles. The van der Waals surface area contributed by atoms with Gasteiger partial charge in [-0.1, -0.05) is 190 Å². The summed E-state index contributed by atoms with van der Waals surface area (Å²) in [5.74, 6) is 0. The van der Waals surface area contributed by atoms with E-state index < -0.39 is 17.3 Å². The number of rotatable bonds is 2. The van der Waals surface area contributed by atoms with Gasteiger partial charge >= 0.3 is 0 Å². The van der Waals surface area contributed by atoms with E-state index in [0.29, 0.717) is 0 Å². The van der Waals surface area contributed by atoms with Gasteiger partial charge in [-0.2, -0.15) is 0 Å². The molecule has 0 bridgehead atoms. The summed E-state index contributed by atoms with van der Waals surface area (Å²) in [6, 6.07) is 10.4. The predicted molar refractivity (Wildman–Crippen MR) is 137 cm³/mol. The van der Waals surface area contributed by atoms with E-state index in [4.69, 9.17) is 0 Å². The van der Waals surface area contributed by atoms with Crippen LogP contribution in [0.3, 0.4) is 0 Å². The SMILES string of the molecule is BrC1C(Br)(Br)C(Br)(Br)C(Br)(Br)C(Br)(Br)C1(Br)Cc1ccccc1. The highest BCUT2D eigenvalue weighted by molar-refractivity contribution is 9.35. The molecule has 23 heavy (non-hydrogen) atoms. The van der Waals surface area contributed by atoms with Crippen LogP contribution >= 0.6 is 159 Å². The zero-order valence-electron chi connectivity index (χ0n) is 11.0. The van der Waals surface area contributed by atoms with Crippen LogP contribution < -0.4 is 0 Å². The van der Waals surface area contributed by atoms with Crippen LogP contribution in [0.25, 0.3) is 0 Å². The first-order chi connectivity index (χ1) is 10.2. The average Bonchev–Trinajstić information content (AvgIpc) is 2.45. The van der Waals surface area contributed by atoms with E-state index in [2.05, 4.69) is 171 Å². The van der Waals surface area contributed by atoms with Crippen molar-refractivity contribution in [3.8, 4) is 0 Å². The summed E-state index contributed by atoms with van der Waals surface area (Å²) in [5, 5.41) is 0. The third kappa shape index (κ3) is 3.55. The van der Waals surface area contributed by atoms with Crippen LogP contribution in [0, 0.1) is 0 Å². The lowest BCUT2D eigenvalue weighted by Gasteiger charge is -2.63. The Morgan fingerprint density at radius 3 is 1.65 bits per heavy atom. The Bertz CT molecular complexity index is 582. The molecule has 0 spiro atoms. The second-order valence-corrected chi connectivity index (χ2v) is 21.5. The minimum atomic E-state index is -0.629. The van der Waals surface area contributed by atoms with E-state index in [1.165, 1.54) is 5.56 Å². The molecule has 0 saturated heterocycles. The third-order valence-corrected chi connectivity index (χ3v) is 25.4. The van der Waals surface area contributed by atoms with E-state index in [1.54, 1.807) is 0 Å². The number of benzene rings is 1. The zero-order valence-corrected chi connectivity index (χ0v) is 26.8. The Morgan fingerprint density at radius 1 is 0.696 bits per heavy atom. The molecule has 1 aliphatic carbocycles. The second kappa shape index (κ2) is 7.69. The van der Waals surface area contributed by atoms with Gasteiger partial charge in [0.05, 0.1) is 9.15 Å². The monoisotopic (exact) mass is 953 g/mol. The predicted octanol–water partition coefficient (Wildman–Crippen LogP) is 9.08. The van der Waals surface area contributed by atoms with E-state index in [0.717, 1.165) is 6.42 Å². The van der Waals surface area contributed by atoms with Gasteiger partial charge in [-0.05, 0) is 12.0 Å². The molecule has 2 atom stereocenters. The van der Waals surface area contributed by atoms with Gasteiger partial charge in [0, 0.05) is 0 Å². The van der Waals surface area contributed by atoms with E-state index in [1.807, 2.05) is 18.2 Å². The summed E-state index contributed by atoms with van der Waals surface area (Å²) in [6.07, 6.45) is 0.772. The molecule has 1 aliphatic rings. The summed E-state index contributed by atoms with van der Waals surface area (Å²) in [6.45, 7) is 0. The first-order valence-corrected chi connectivity index (χ1v) is 14.2. The Balaban J connectivity index is 2.62. The van der Waals surface area contributed by atoms with Crippen molar-refractivity contribution in [3.63, 3.8) is 0 Å². The fourth-order valence-corrected chi connectivity index (χ4v) is 13.8. The van der Waals surface area contributed by atoms with Crippen molar-refractivity contribution in [2.75, 3.05) is 0 Å². The summed E-state index contributed by atoms with van der Waals surface area (Å²) in [7, 11) is 0. The van der Waals surface area contributed by atoms with Crippen LogP contribution in [-0.2, 0) is 6.42 Å². The quantitative estimate of drug-likeness (QED) is 0.260. The molecular formula is C13H8Br10. The van der Waals surface area contributed by atoms with Crippen LogP contribution in [0.1, 0.15) is 5.56 Å². The maximum atomic E-state index is 4.02. The van der Waals surface area contributed by atoms with Gasteiger partial charge in [0.15, 0.2) is 0 Å². The first-order valence-electron chi connectivity index (χ1n) is 6.11. The highest BCUT2D eigenvalue weighted by atomic mass is 79.9. The molecule has 0 amide bonds. The normalized spacial score (nSPS) is 34.1. The van der Waals surface area contributed by atoms with Crippen LogP contribution in [0.15, 0.2) is 30.3 Å². The summed E-state index contributed by atoms with van der Waals surface area (Å²) < 4.78 is -2.78. The second-order valence-electron chi connectivity index (χ2n) is 5.23. The highest BCUT2D eigenvalue weighted by Crippen LogP contribution is 2.77. The molecule has 0 heterocycles. The van der Waals surface area contributed by atoms with Gasteiger partial charge in [0.2, 0.25) is 0 Å². The maximum Gasteiger partial charge on any atom is 0.134 e. The lowest BCUT2D eigenvalue weighted by molar-refractivity contribution is 0.416. The van der Waals surface area contributed by atoms with Crippen molar-refractivity contribution in [3.05, 3.63) is 35.9 Å². The van der Waals surface area contributed by atoms with Crippen LogP contribution in [0.5, 0.6) is 0 Å². The Kier molecular flexibility index (Phi) is 7.79. The van der Waals surface area contributed by atoms with Gasteiger partial charge in [0.1, 0.15) is 12.9 Å². The molecule has 2 rings (SSSR count). The molecule has 0 aromatic heterocycles. The van der Waals surface area contributed by atoms with Gasteiger partial charge in [0.25, 0.3) is 0 Å². The summed E-state index contributed by atoms with van der Waals surface area (Å²) >= 11 is 38.7. The van der Waals surface area contributed by atoms with Gasteiger partial charge in [-0.25, -0.2) is 0 Å². The first kappa shape index (κ1) is 23.3. The number of halogens is 10. The van der Waals surface area contributed by atoms with E-state index >= 15 is 0 Å². The third-order valence-electron chi connectivity index (χ3n) is 3.75. The van der Waals surface area contributed by atoms with Crippen molar-refractivity contribution in [2.24, 2.45) is 0 Å². The highest BCUT2D eigenvalue weighted by Gasteiger charge is 2.79. The molecule has 1 saturated carbocycles. The molecule has 0 nitrogen and oxygen atoms in total.